The summed E-state index contributed by atoms with van der Waals surface area (Å²) in [5.41, 5.74) is 6.59. The van der Waals surface area contributed by atoms with Crippen molar-refractivity contribution in [2.75, 3.05) is 0 Å². The summed E-state index contributed by atoms with van der Waals surface area (Å²) in [7, 11) is 0. The van der Waals surface area contributed by atoms with Crippen LogP contribution in [0.2, 0.25) is 5.02 Å². The fourth-order valence-electron chi connectivity index (χ4n) is 1.72. The van der Waals surface area contributed by atoms with Crippen molar-refractivity contribution < 1.29 is 4.79 Å². The molecular weight excluding hydrogens is 222 g/mol. The van der Waals surface area contributed by atoms with E-state index in [0.717, 1.165) is 5.56 Å². The zero-order valence-corrected chi connectivity index (χ0v) is 10.7. The molecule has 2 N–H and O–H groups in total. The van der Waals surface area contributed by atoms with E-state index in [4.69, 9.17) is 17.3 Å². The lowest BCUT2D eigenvalue weighted by molar-refractivity contribution is -0.118. The molecule has 88 valence electrons. The smallest absolute Gasteiger partial charge is 0.137 e. The normalized spacial score (nSPS) is 13.6. The molecule has 0 saturated heterocycles. The second-order valence-corrected chi connectivity index (χ2v) is 5.34. The summed E-state index contributed by atoms with van der Waals surface area (Å²) in [6, 6.07) is 7.38. The molecule has 1 atom stereocenters. The maximum atomic E-state index is 11.6. The quantitative estimate of drug-likeness (QED) is 0.877. The highest BCUT2D eigenvalue weighted by Crippen LogP contribution is 2.26. The molecule has 0 aromatic heterocycles. The summed E-state index contributed by atoms with van der Waals surface area (Å²) in [6.45, 7) is 5.46. The van der Waals surface area contributed by atoms with Crippen LogP contribution in [0.4, 0.5) is 0 Å². The Morgan fingerprint density at radius 1 is 1.38 bits per heavy atom. The van der Waals surface area contributed by atoms with Crippen LogP contribution in [0.1, 0.15) is 38.7 Å². The summed E-state index contributed by atoms with van der Waals surface area (Å²) < 4.78 is 0. The molecule has 0 spiro atoms. The first-order chi connectivity index (χ1) is 7.29. The van der Waals surface area contributed by atoms with Gasteiger partial charge in [-0.15, -0.1) is 0 Å². The minimum atomic E-state index is -0.351. The molecule has 0 heterocycles. The van der Waals surface area contributed by atoms with Crippen LogP contribution < -0.4 is 5.73 Å². The van der Waals surface area contributed by atoms with E-state index in [1.165, 1.54) is 0 Å². The van der Waals surface area contributed by atoms with E-state index in [-0.39, 0.29) is 17.2 Å². The maximum absolute atomic E-state index is 11.6. The fourth-order valence-corrected chi connectivity index (χ4v) is 1.84. The SMILES string of the molecule is CC(=O)[C@H](CC(C)(C)N)c1ccc(Cl)cc1. The summed E-state index contributed by atoms with van der Waals surface area (Å²) in [4.78, 5) is 11.6. The summed E-state index contributed by atoms with van der Waals surface area (Å²) in [5.74, 6) is -0.00175. The van der Waals surface area contributed by atoms with Gasteiger partial charge in [-0.3, -0.25) is 4.79 Å². The molecule has 0 aliphatic carbocycles. The largest absolute Gasteiger partial charge is 0.326 e. The number of Topliss-reactive ketones (excluding diaryl/α,β-unsaturated/α-hetero) is 1. The van der Waals surface area contributed by atoms with Gasteiger partial charge in [-0.2, -0.15) is 0 Å². The first kappa shape index (κ1) is 13.2. The lowest BCUT2D eigenvalue weighted by Crippen LogP contribution is -2.35. The molecule has 2 nitrogen and oxygen atoms in total. The number of nitrogens with two attached hydrogens (primary N) is 1. The van der Waals surface area contributed by atoms with Gasteiger partial charge in [0.25, 0.3) is 0 Å². The molecule has 1 aromatic rings. The Kier molecular flexibility index (Phi) is 4.11. The molecule has 0 aliphatic rings. The van der Waals surface area contributed by atoms with Crippen molar-refractivity contribution in [1.82, 2.24) is 0 Å². The van der Waals surface area contributed by atoms with Gasteiger partial charge in [-0.05, 0) is 44.9 Å². The van der Waals surface area contributed by atoms with Gasteiger partial charge in [0.2, 0.25) is 0 Å². The molecule has 0 aliphatic heterocycles. The topological polar surface area (TPSA) is 43.1 Å². The summed E-state index contributed by atoms with van der Waals surface area (Å²) >= 11 is 5.82. The van der Waals surface area contributed by atoms with E-state index in [0.29, 0.717) is 11.4 Å². The Balaban J connectivity index is 2.94. The third-order valence-corrected chi connectivity index (χ3v) is 2.75. The van der Waals surface area contributed by atoms with Crippen molar-refractivity contribution in [2.45, 2.75) is 38.6 Å². The predicted molar refractivity (Wildman–Crippen MR) is 67.8 cm³/mol. The molecule has 3 heteroatoms. The second kappa shape index (κ2) is 4.98. The second-order valence-electron chi connectivity index (χ2n) is 4.91. The van der Waals surface area contributed by atoms with Crippen molar-refractivity contribution in [3.05, 3.63) is 34.9 Å². The van der Waals surface area contributed by atoms with Crippen molar-refractivity contribution in [3.8, 4) is 0 Å². The number of halogens is 1. The van der Waals surface area contributed by atoms with E-state index in [2.05, 4.69) is 0 Å². The van der Waals surface area contributed by atoms with Crippen molar-refractivity contribution >= 4 is 17.4 Å². The fraction of sp³-hybridized carbons (Fsp3) is 0.462. The minimum Gasteiger partial charge on any atom is -0.326 e. The summed E-state index contributed by atoms with van der Waals surface area (Å²) in [5, 5.41) is 0.679. The Morgan fingerprint density at radius 2 is 1.88 bits per heavy atom. The first-order valence-corrected chi connectivity index (χ1v) is 5.72. The number of ketones is 1. The van der Waals surface area contributed by atoms with Gasteiger partial charge in [0.1, 0.15) is 5.78 Å². The van der Waals surface area contributed by atoms with E-state index < -0.39 is 0 Å². The van der Waals surface area contributed by atoms with Gasteiger partial charge in [-0.1, -0.05) is 23.7 Å². The van der Waals surface area contributed by atoms with Crippen molar-refractivity contribution in [2.24, 2.45) is 5.73 Å². The molecule has 16 heavy (non-hydrogen) atoms. The van der Waals surface area contributed by atoms with Crippen LogP contribution in [-0.4, -0.2) is 11.3 Å². The number of carbonyl (C=O) groups is 1. The predicted octanol–water partition coefficient (Wildman–Crippen LogP) is 3.14. The molecular formula is C13H18ClNO. The monoisotopic (exact) mass is 239 g/mol. The third kappa shape index (κ3) is 3.95. The van der Waals surface area contributed by atoms with Gasteiger partial charge in [0.15, 0.2) is 0 Å². The van der Waals surface area contributed by atoms with Crippen LogP contribution in [0.3, 0.4) is 0 Å². The number of benzene rings is 1. The molecule has 0 saturated carbocycles. The Morgan fingerprint density at radius 3 is 2.25 bits per heavy atom. The highest BCUT2D eigenvalue weighted by atomic mass is 35.5. The van der Waals surface area contributed by atoms with Crippen LogP contribution in [0.5, 0.6) is 0 Å². The van der Waals surface area contributed by atoms with E-state index in [1.54, 1.807) is 19.1 Å². The number of hydrogen-bond donors (Lipinski definition) is 1. The lowest BCUT2D eigenvalue weighted by atomic mass is 9.84. The number of hydrogen-bond acceptors (Lipinski definition) is 2. The average molecular weight is 240 g/mol. The maximum Gasteiger partial charge on any atom is 0.137 e. The van der Waals surface area contributed by atoms with Crippen LogP contribution in [-0.2, 0) is 4.79 Å². The zero-order valence-electron chi connectivity index (χ0n) is 9.96. The highest BCUT2D eigenvalue weighted by molar-refractivity contribution is 6.30. The van der Waals surface area contributed by atoms with Gasteiger partial charge in [0.05, 0.1) is 0 Å². The van der Waals surface area contributed by atoms with Crippen LogP contribution >= 0.6 is 11.6 Å². The summed E-state index contributed by atoms with van der Waals surface area (Å²) in [6.07, 6.45) is 0.643. The molecule has 0 bridgehead atoms. The van der Waals surface area contributed by atoms with E-state index in [1.807, 2.05) is 26.0 Å². The van der Waals surface area contributed by atoms with Crippen molar-refractivity contribution in [3.63, 3.8) is 0 Å². The van der Waals surface area contributed by atoms with Crippen molar-refractivity contribution in [1.29, 1.82) is 0 Å². The molecule has 1 aromatic carbocycles. The lowest BCUT2D eigenvalue weighted by Gasteiger charge is -2.24. The standard InChI is InChI=1S/C13H18ClNO/c1-9(16)12(8-13(2,3)15)10-4-6-11(14)7-5-10/h4-7,12H,8,15H2,1-3H3/t12-/m0/s1. The zero-order chi connectivity index (χ0) is 12.3. The first-order valence-electron chi connectivity index (χ1n) is 5.34. The number of carbonyl (C=O) groups excluding carboxylic acids is 1. The molecule has 1 rings (SSSR count). The Hall–Kier alpha value is -0.860. The average Bonchev–Trinajstić information content (AvgIpc) is 2.14. The van der Waals surface area contributed by atoms with Gasteiger partial charge in [-0.25, -0.2) is 0 Å². The molecule has 0 amide bonds. The van der Waals surface area contributed by atoms with Gasteiger partial charge < -0.3 is 5.73 Å². The van der Waals surface area contributed by atoms with Gasteiger partial charge >= 0.3 is 0 Å². The van der Waals surface area contributed by atoms with Gasteiger partial charge in [0, 0.05) is 16.5 Å². The van der Waals surface area contributed by atoms with Crippen LogP contribution in [0.15, 0.2) is 24.3 Å². The molecule has 0 unspecified atom stereocenters. The van der Waals surface area contributed by atoms with E-state index in [9.17, 15) is 4.79 Å². The highest BCUT2D eigenvalue weighted by Gasteiger charge is 2.23. The molecule has 0 radical (unpaired) electrons. The van der Waals surface area contributed by atoms with Crippen LogP contribution in [0, 0.1) is 0 Å². The number of rotatable bonds is 4. The van der Waals surface area contributed by atoms with Crippen LogP contribution in [0.25, 0.3) is 0 Å². The minimum absolute atomic E-state index is 0.140. The Labute approximate surface area is 102 Å². The van der Waals surface area contributed by atoms with E-state index >= 15 is 0 Å². The molecule has 0 fully saturated rings. The third-order valence-electron chi connectivity index (χ3n) is 2.49. The Bertz CT molecular complexity index is 365.